The molecule has 0 fully saturated rings. The van der Waals surface area contributed by atoms with Crippen molar-refractivity contribution in [3.8, 4) is 0 Å². The number of benzene rings is 1. The van der Waals surface area contributed by atoms with Gasteiger partial charge in [0.15, 0.2) is 0 Å². The molecule has 25 heavy (non-hydrogen) atoms. The number of carbonyl (C=O) groups excluding carboxylic acids is 1. The molecule has 0 bridgehead atoms. The summed E-state index contributed by atoms with van der Waals surface area (Å²) in [7, 11) is -2.15. The van der Waals surface area contributed by atoms with E-state index in [1.54, 1.807) is 13.8 Å². The number of nitrogens with zero attached hydrogens (tertiary/aromatic N) is 2. The summed E-state index contributed by atoms with van der Waals surface area (Å²) in [6, 6.07) is 4.01. The normalized spacial score (nSPS) is 12.2. The van der Waals surface area contributed by atoms with Crippen LogP contribution >= 0.6 is 11.6 Å². The van der Waals surface area contributed by atoms with Crippen molar-refractivity contribution in [1.82, 2.24) is 14.5 Å². The zero-order valence-electron chi connectivity index (χ0n) is 15.5. The van der Waals surface area contributed by atoms with Crippen LogP contribution in [-0.4, -0.2) is 62.8 Å². The third kappa shape index (κ3) is 5.67. The molecule has 0 radical (unpaired) electrons. The Bertz CT molecular complexity index is 688. The molecule has 0 aliphatic heterocycles. The largest absolute Gasteiger partial charge is 0.351 e. The second-order valence-corrected chi connectivity index (χ2v) is 8.44. The van der Waals surface area contributed by atoms with E-state index < -0.39 is 10.0 Å². The molecular weight excluding hydrogens is 362 g/mol. The molecule has 0 aliphatic rings. The third-order valence-electron chi connectivity index (χ3n) is 4.19. The van der Waals surface area contributed by atoms with Crippen molar-refractivity contribution >= 4 is 27.5 Å². The summed E-state index contributed by atoms with van der Waals surface area (Å²) in [5.74, 6) is -0.374. The van der Waals surface area contributed by atoms with E-state index in [9.17, 15) is 13.2 Å². The van der Waals surface area contributed by atoms with Crippen LogP contribution in [0, 0.1) is 0 Å². The summed E-state index contributed by atoms with van der Waals surface area (Å²) in [5.41, 5.74) is 0.166. The molecule has 0 unspecified atom stereocenters. The fraction of sp³-hybridized carbons (Fsp3) is 0.588. The van der Waals surface area contributed by atoms with E-state index in [0.29, 0.717) is 6.54 Å². The summed E-state index contributed by atoms with van der Waals surface area (Å²) in [4.78, 5) is 14.6. The van der Waals surface area contributed by atoms with Gasteiger partial charge in [-0.05, 0) is 45.1 Å². The van der Waals surface area contributed by atoms with Crippen molar-refractivity contribution in [2.24, 2.45) is 0 Å². The van der Waals surface area contributed by atoms with Crippen LogP contribution in [0.2, 0.25) is 5.02 Å². The fourth-order valence-electron chi connectivity index (χ4n) is 2.25. The van der Waals surface area contributed by atoms with E-state index in [-0.39, 0.29) is 27.4 Å². The number of hydrogen-bond acceptors (Lipinski definition) is 4. The minimum absolute atomic E-state index is 0.0574. The highest BCUT2D eigenvalue weighted by Crippen LogP contribution is 2.23. The second kappa shape index (κ2) is 9.52. The van der Waals surface area contributed by atoms with Gasteiger partial charge in [-0.15, -0.1) is 0 Å². The second-order valence-electron chi connectivity index (χ2n) is 6.04. The summed E-state index contributed by atoms with van der Waals surface area (Å²) in [6.45, 7) is 10.7. The molecule has 1 aromatic rings. The van der Waals surface area contributed by atoms with Gasteiger partial charge in [0.25, 0.3) is 5.91 Å². The maximum atomic E-state index is 12.6. The van der Waals surface area contributed by atoms with Crippen LogP contribution in [0.15, 0.2) is 23.1 Å². The van der Waals surface area contributed by atoms with Crippen molar-refractivity contribution in [1.29, 1.82) is 0 Å². The molecule has 1 N–H and O–H groups in total. The number of hydrogen-bond donors (Lipinski definition) is 1. The van der Waals surface area contributed by atoms with E-state index in [2.05, 4.69) is 24.1 Å². The van der Waals surface area contributed by atoms with Gasteiger partial charge in [-0.1, -0.05) is 25.4 Å². The van der Waals surface area contributed by atoms with E-state index in [1.165, 1.54) is 29.6 Å². The first-order valence-corrected chi connectivity index (χ1v) is 10.2. The van der Waals surface area contributed by atoms with Crippen LogP contribution in [0.4, 0.5) is 0 Å². The number of amides is 1. The Labute approximate surface area is 156 Å². The molecule has 6 nitrogen and oxygen atoms in total. The van der Waals surface area contributed by atoms with Gasteiger partial charge in [0.2, 0.25) is 10.0 Å². The third-order valence-corrected chi connectivity index (χ3v) is 6.55. The molecule has 1 amide bonds. The minimum Gasteiger partial charge on any atom is -0.351 e. The standard InChI is InChI=1S/C17H28ClN3O3S/c1-6-21(7-2)11-10-19-17(22)15-12-14(8-9-16(15)18)25(23,24)20(5)13(3)4/h8-9,12-13H,6-7,10-11H2,1-5H3,(H,19,22). The lowest BCUT2D eigenvalue weighted by molar-refractivity contribution is 0.0949. The molecular formula is C17H28ClN3O3S. The molecule has 0 spiro atoms. The smallest absolute Gasteiger partial charge is 0.252 e. The number of carbonyl (C=O) groups is 1. The molecule has 0 atom stereocenters. The van der Waals surface area contributed by atoms with E-state index in [0.717, 1.165) is 19.6 Å². The monoisotopic (exact) mass is 389 g/mol. The van der Waals surface area contributed by atoms with E-state index >= 15 is 0 Å². The number of rotatable bonds is 9. The predicted molar refractivity (Wildman–Crippen MR) is 102 cm³/mol. The highest BCUT2D eigenvalue weighted by atomic mass is 35.5. The van der Waals surface area contributed by atoms with Crippen molar-refractivity contribution in [3.63, 3.8) is 0 Å². The SMILES string of the molecule is CCN(CC)CCNC(=O)c1cc(S(=O)(=O)N(C)C(C)C)ccc1Cl. The lowest BCUT2D eigenvalue weighted by Gasteiger charge is -2.21. The Balaban J connectivity index is 2.96. The minimum atomic E-state index is -3.67. The topological polar surface area (TPSA) is 69.7 Å². The lowest BCUT2D eigenvalue weighted by atomic mass is 10.2. The highest BCUT2D eigenvalue weighted by Gasteiger charge is 2.25. The number of likely N-dealkylation sites (N-methyl/N-ethyl adjacent to an activating group) is 1. The molecule has 1 aromatic carbocycles. The zero-order valence-corrected chi connectivity index (χ0v) is 17.1. The van der Waals surface area contributed by atoms with Gasteiger partial charge >= 0.3 is 0 Å². The fourth-order valence-corrected chi connectivity index (χ4v) is 3.84. The van der Waals surface area contributed by atoms with Gasteiger partial charge in [0, 0.05) is 26.2 Å². The van der Waals surface area contributed by atoms with Gasteiger partial charge in [0.05, 0.1) is 15.5 Å². The molecule has 0 saturated carbocycles. The molecule has 0 heterocycles. The maximum absolute atomic E-state index is 12.6. The van der Waals surface area contributed by atoms with Gasteiger partial charge < -0.3 is 10.2 Å². The molecule has 142 valence electrons. The van der Waals surface area contributed by atoms with Crippen molar-refractivity contribution in [2.45, 2.75) is 38.6 Å². The highest BCUT2D eigenvalue weighted by molar-refractivity contribution is 7.89. The van der Waals surface area contributed by atoms with Crippen molar-refractivity contribution in [3.05, 3.63) is 28.8 Å². The van der Waals surface area contributed by atoms with Gasteiger partial charge in [-0.2, -0.15) is 4.31 Å². The lowest BCUT2D eigenvalue weighted by Crippen LogP contribution is -2.35. The Kier molecular flexibility index (Phi) is 8.34. The summed E-state index contributed by atoms with van der Waals surface area (Å²) < 4.78 is 26.4. The molecule has 0 aromatic heterocycles. The van der Waals surface area contributed by atoms with E-state index in [1.807, 2.05) is 0 Å². The zero-order chi connectivity index (χ0) is 19.2. The molecule has 8 heteroatoms. The molecule has 0 aliphatic carbocycles. The number of sulfonamides is 1. The molecule has 0 saturated heterocycles. The first kappa shape index (κ1) is 21.9. The Morgan fingerprint density at radius 2 is 1.84 bits per heavy atom. The number of halogens is 1. The summed E-state index contributed by atoms with van der Waals surface area (Å²) in [6.07, 6.45) is 0. The predicted octanol–water partition coefficient (Wildman–Crippen LogP) is 2.44. The number of nitrogens with one attached hydrogen (secondary N) is 1. The average molecular weight is 390 g/mol. The first-order chi connectivity index (χ1) is 11.6. The average Bonchev–Trinajstić information content (AvgIpc) is 2.57. The van der Waals surface area contributed by atoms with E-state index in [4.69, 9.17) is 11.6 Å². The summed E-state index contributed by atoms with van der Waals surface area (Å²) in [5, 5.41) is 3.02. The van der Waals surface area contributed by atoms with Crippen LogP contribution in [-0.2, 0) is 10.0 Å². The van der Waals surface area contributed by atoms with Crippen molar-refractivity contribution in [2.75, 3.05) is 33.2 Å². The van der Waals surface area contributed by atoms with Crippen LogP contribution in [0.25, 0.3) is 0 Å². The first-order valence-electron chi connectivity index (χ1n) is 8.43. The quantitative estimate of drug-likeness (QED) is 0.704. The van der Waals surface area contributed by atoms with Crippen LogP contribution in [0.3, 0.4) is 0 Å². The Morgan fingerprint density at radius 1 is 1.24 bits per heavy atom. The Hall–Kier alpha value is -1.15. The summed E-state index contributed by atoms with van der Waals surface area (Å²) >= 11 is 6.10. The van der Waals surface area contributed by atoms with Gasteiger partial charge in [0.1, 0.15) is 0 Å². The van der Waals surface area contributed by atoms with Crippen LogP contribution < -0.4 is 5.32 Å². The Morgan fingerprint density at radius 3 is 2.36 bits per heavy atom. The van der Waals surface area contributed by atoms with Crippen LogP contribution in [0.1, 0.15) is 38.1 Å². The maximum Gasteiger partial charge on any atom is 0.252 e. The van der Waals surface area contributed by atoms with Crippen LogP contribution in [0.5, 0.6) is 0 Å². The van der Waals surface area contributed by atoms with Crippen molar-refractivity contribution < 1.29 is 13.2 Å². The molecule has 1 rings (SSSR count). The van der Waals surface area contributed by atoms with Gasteiger partial charge in [-0.3, -0.25) is 4.79 Å². The van der Waals surface area contributed by atoms with Gasteiger partial charge in [-0.25, -0.2) is 8.42 Å².